The molecule has 3 atom stereocenters. The molecule has 2 N–H and O–H groups in total. The predicted molar refractivity (Wildman–Crippen MR) is 116 cm³/mol. The molecule has 0 aliphatic carbocycles. The summed E-state index contributed by atoms with van der Waals surface area (Å²) in [5, 5.41) is 6.02. The Kier molecular flexibility index (Phi) is 4.47. The minimum absolute atomic E-state index is 0.00458. The van der Waals surface area contributed by atoms with Gasteiger partial charge in [0, 0.05) is 28.1 Å². The molecule has 1 fully saturated rings. The molecule has 2 heterocycles. The quantitative estimate of drug-likeness (QED) is 0.570. The molecule has 30 heavy (non-hydrogen) atoms. The maximum Gasteiger partial charge on any atom is 0.238 e. The van der Waals surface area contributed by atoms with Crippen LogP contribution in [0.25, 0.3) is 0 Å². The number of anilines is 1. The third-order valence-electron chi connectivity index (χ3n) is 6.18. The van der Waals surface area contributed by atoms with E-state index in [1.807, 2.05) is 54.6 Å². The standard InChI is InChI=1S/C24H18BrFN2O2/c25-17-10-6-11-18(26)21(17)16-13-20(29)28-22(14-7-2-1-3-8-14)24(16)15-9-4-5-12-19(15)27-23(24)30/h1-12,16,22H,13H2,(H,27,30)(H,28,29)/t16-,22+,24-/m0/s1. The minimum Gasteiger partial charge on any atom is -0.348 e. The Bertz CT molecular complexity index is 1150. The van der Waals surface area contributed by atoms with Crippen LogP contribution < -0.4 is 10.6 Å². The van der Waals surface area contributed by atoms with Gasteiger partial charge in [0.1, 0.15) is 11.2 Å². The summed E-state index contributed by atoms with van der Waals surface area (Å²) >= 11 is 3.47. The first-order valence-electron chi connectivity index (χ1n) is 9.72. The van der Waals surface area contributed by atoms with Crippen molar-refractivity contribution in [1.29, 1.82) is 0 Å². The van der Waals surface area contributed by atoms with E-state index in [9.17, 15) is 9.59 Å². The van der Waals surface area contributed by atoms with Gasteiger partial charge in [0.05, 0.1) is 6.04 Å². The highest BCUT2D eigenvalue weighted by molar-refractivity contribution is 9.10. The Morgan fingerprint density at radius 3 is 2.43 bits per heavy atom. The maximum absolute atomic E-state index is 15.1. The van der Waals surface area contributed by atoms with Gasteiger partial charge in [-0.1, -0.05) is 70.5 Å². The lowest BCUT2D eigenvalue weighted by atomic mass is 9.59. The van der Waals surface area contributed by atoms with E-state index in [0.717, 1.165) is 11.1 Å². The zero-order valence-corrected chi connectivity index (χ0v) is 17.4. The fourth-order valence-corrected chi connectivity index (χ4v) is 5.60. The van der Waals surface area contributed by atoms with Gasteiger partial charge in [-0.25, -0.2) is 4.39 Å². The molecule has 0 aromatic heterocycles. The SMILES string of the molecule is O=C1C[C@@H](c2c(F)cccc2Br)[C@]2(C(=O)Nc3ccccc32)[C@@H](c2ccccc2)N1. The van der Waals surface area contributed by atoms with Gasteiger partial charge in [-0.2, -0.15) is 0 Å². The van der Waals surface area contributed by atoms with Crippen LogP contribution in [0.1, 0.15) is 35.1 Å². The number of para-hydroxylation sites is 1. The number of carbonyl (C=O) groups is 2. The fourth-order valence-electron chi connectivity index (χ4n) is 4.98. The molecule has 0 radical (unpaired) electrons. The Morgan fingerprint density at radius 2 is 1.67 bits per heavy atom. The molecule has 2 aliphatic heterocycles. The number of piperidine rings is 1. The number of nitrogens with one attached hydrogen (secondary N) is 2. The van der Waals surface area contributed by atoms with Gasteiger partial charge in [0.2, 0.25) is 11.8 Å². The number of carbonyl (C=O) groups excluding carboxylic acids is 2. The number of rotatable bonds is 2. The summed E-state index contributed by atoms with van der Waals surface area (Å²) in [5.41, 5.74) is 1.42. The second kappa shape index (κ2) is 7.06. The van der Waals surface area contributed by atoms with Crippen LogP contribution in [0.2, 0.25) is 0 Å². The van der Waals surface area contributed by atoms with Crippen molar-refractivity contribution in [2.24, 2.45) is 0 Å². The van der Waals surface area contributed by atoms with Crippen LogP contribution in [0.15, 0.2) is 77.3 Å². The molecular weight excluding hydrogens is 447 g/mol. The molecule has 150 valence electrons. The van der Waals surface area contributed by atoms with Crippen LogP contribution >= 0.6 is 15.9 Å². The van der Waals surface area contributed by atoms with Gasteiger partial charge in [-0.3, -0.25) is 9.59 Å². The van der Waals surface area contributed by atoms with E-state index in [0.29, 0.717) is 15.7 Å². The lowest BCUT2D eigenvalue weighted by molar-refractivity contribution is -0.131. The highest BCUT2D eigenvalue weighted by Crippen LogP contribution is 2.58. The summed E-state index contributed by atoms with van der Waals surface area (Å²) in [5.74, 6) is -1.58. The van der Waals surface area contributed by atoms with Crippen molar-refractivity contribution >= 4 is 33.4 Å². The van der Waals surface area contributed by atoms with Crippen LogP contribution in [0.4, 0.5) is 10.1 Å². The van der Waals surface area contributed by atoms with E-state index in [1.54, 1.807) is 12.1 Å². The molecule has 1 spiro atoms. The lowest BCUT2D eigenvalue weighted by Crippen LogP contribution is -2.57. The fraction of sp³-hybridized carbons (Fsp3) is 0.167. The van der Waals surface area contributed by atoms with Crippen molar-refractivity contribution in [3.63, 3.8) is 0 Å². The average Bonchev–Trinajstić information content (AvgIpc) is 3.03. The number of hydrogen-bond acceptors (Lipinski definition) is 2. The third kappa shape index (κ3) is 2.63. The number of benzene rings is 3. The van der Waals surface area contributed by atoms with Crippen LogP contribution in [0, 0.1) is 5.82 Å². The zero-order valence-electron chi connectivity index (χ0n) is 15.9. The lowest BCUT2D eigenvalue weighted by Gasteiger charge is -2.46. The zero-order chi connectivity index (χ0) is 20.9. The van der Waals surface area contributed by atoms with Crippen molar-refractivity contribution in [1.82, 2.24) is 5.32 Å². The smallest absolute Gasteiger partial charge is 0.238 e. The predicted octanol–water partition coefficient (Wildman–Crippen LogP) is 4.82. The Morgan fingerprint density at radius 1 is 0.933 bits per heavy atom. The molecule has 0 bridgehead atoms. The van der Waals surface area contributed by atoms with Gasteiger partial charge in [0.25, 0.3) is 0 Å². The molecule has 2 aliphatic rings. The highest BCUT2D eigenvalue weighted by Gasteiger charge is 2.61. The van der Waals surface area contributed by atoms with E-state index >= 15 is 4.39 Å². The molecule has 2 amide bonds. The van der Waals surface area contributed by atoms with Gasteiger partial charge in [-0.15, -0.1) is 0 Å². The number of fused-ring (bicyclic) bond motifs is 2. The van der Waals surface area contributed by atoms with Crippen LogP contribution in [0.5, 0.6) is 0 Å². The first kappa shape index (κ1) is 19.0. The number of amides is 2. The van der Waals surface area contributed by atoms with Crippen molar-refractivity contribution in [3.8, 4) is 0 Å². The van der Waals surface area contributed by atoms with Gasteiger partial charge < -0.3 is 10.6 Å². The van der Waals surface area contributed by atoms with Crippen LogP contribution in [-0.2, 0) is 15.0 Å². The average molecular weight is 465 g/mol. The Balaban J connectivity index is 1.84. The molecule has 6 heteroatoms. The van der Waals surface area contributed by atoms with Crippen molar-refractivity contribution in [3.05, 3.63) is 99.8 Å². The molecule has 0 saturated carbocycles. The summed E-state index contributed by atoms with van der Waals surface area (Å²) < 4.78 is 15.7. The number of hydrogen-bond donors (Lipinski definition) is 2. The van der Waals surface area contributed by atoms with Gasteiger partial charge in [0.15, 0.2) is 0 Å². The summed E-state index contributed by atoms with van der Waals surface area (Å²) in [7, 11) is 0. The molecular formula is C24H18BrFN2O2. The van der Waals surface area contributed by atoms with Crippen molar-refractivity contribution in [2.75, 3.05) is 5.32 Å². The van der Waals surface area contributed by atoms with E-state index in [-0.39, 0.29) is 18.2 Å². The molecule has 5 rings (SSSR count). The number of halogens is 2. The van der Waals surface area contributed by atoms with Gasteiger partial charge >= 0.3 is 0 Å². The third-order valence-corrected chi connectivity index (χ3v) is 6.87. The topological polar surface area (TPSA) is 58.2 Å². The highest BCUT2D eigenvalue weighted by atomic mass is 79.9. The Labute approximate surface area is 181 Å². The van der Waals surface area contributed by atoms with E-state index < -0.39 is 23.2 Å². The summed E-state index contributed by atoms with van der Waals surface area (Å²) in [6.45, 7) is 0. The maximum atomic E-state index is 15.1. The molecule has 0 unspecified atom stereocenters. The molecule has 3 aromatic carbocycles. The van der Waals surface area contributed by atoms with Crippen LogP contribution in [0.3, 0.4) is 0 Å². The largest absolute Gasteiger partial charge is 0.348 e. The summed E-state index contributed by atoms with van der Waals surface area (Å²) in [4.78, 5) is 26.5. The van der Waals surface area contributed by atoms with E-state index in [1.165, 1.54) is 6.07 Å². The second-order valence-corrected chi connectivity index (χ2v) is 8.53. The summed E-state index contributed by atoms with van der Waals surface area (Å²) in [6, 6.07) is 20.9. The molecule has 3 aromatic rings. The Hall–Kier alpha value is -2.99. The van der Waals surface area contributed by atoms with Gasteiger partial charge in [-0.05, 0) is 29.3 Å². The first-order valence-corrected chi connectivity index (χ1v) is 10.5. The molecule has 1 saturated heterocycles. The van der Waals surface area contributed by atoms with Crippen molar-refractivity contribution < 1.29 is 14.0 Å². The normalized spacial score (nSPS) is 25.0. The minimum atomic E-state index is -1.18. The van der Waals surface area contributed by atoms with Crippen molar-refractivity contribution in [2.45, 2.75) is 23.8 Å². The summed E-state index contributed by atoms with van der Waals surface area (Å²) in [6.07, 6.45) is 0.00458. The monoisotopic (exact) mass is 464 g/mol. The van der Waals surface area contributed by atoms with Crippen LogP contribution in [-0.4, -0.2) is 11.8 Å². The first-order chi connectivity index (χ1) is 14.5. The van der Waals surface area contributed by atoms with E-state index in [2.05, 4.69) is 26.6 Å². The molecule has 4 nitrogen and oxygen atoms in total. The second-order valence-electron chi connectivity index (χ2n) is 7.67. The van der Waals surface area contributed by atoms with E-state index in [4.69, 9.17) is 0 Å².